The second-order valence-electron chi connectivity index (χ2n) is 11.2. The molecule has 3 heterocycles. The van der Waals surface area contributed by atoms with Crippen LogP contribution in [0.15, 0.2) is 29.1 Å². The number of nitrogens with zero attached hydrogens (tertiary/aromatic N) is 3. The Balaban J connectivity index is 1.43. The second-order valence-corrected chi connectivity index (χ2v) is 11.2. The van der Waals surface area contributed by atoms with Crippen molar-refractivity contribution in [2.45, 2.75) is 51.4 Å². The molecule has 2 aromatic carbocycles. The highest BCUT2D eigenvalue weighted by Gasteiger charge is 2.46. The number of nitrogens with one attached hydrogen (secondary N) is 1. The number of fused-ring (bicyclic) bond motifs is 1. The molecular weight excluding hydrogens is 619 g/mol. The molecule has 0 saturated carbocycles. The fourth-order valence-corrected chi connectivity index (χ4v) is 5.85. The molecule has 2 N–H and O–H groups in total. The van der Waals surface area contributed by atoms with Crippen molar-refractivity contribution in [3.05, 3.63) is 74.5 Å². The highest BCUT2D eigenvalue weighted by atomic mass is 19.4. The minimum absolute atomic E-state index is 0.105. The predicted octanol–water partition coefficient (Wildman–Crippen LogP) is 3.86. The Bertz CT molecular complexity index is 1740. The number of carboxylic acids is 1. The number of amides is 1. The molecule has 1 saturated heterocycles. The Morgan fingerprint density at radius 1 is 1.15 bits per heavy atom. The van der Waals surface area contributed by atoms with Crippen molar-refractivity contribution < 1.29 is 46.1 Å². The summed E-state index contributed by atoms with van der Waals surface area (Å²) in [6.07, 6.45) is -3.97. The Kier molecular flexibility index (Phi) is 9.07. The first-order chi connectivity index (χ1) is 21.7. The van der Waals surface area contributed by atoms with E-state index in [-0.39, 0.29) is 25.1 Å². The Hall–Kier alpha value is -4.53. The lowest BCUT2D eigenvalue weighted by Crippen LogP contribution is -2.53. The second kappa shape index (κ2) is 12.7. The molecule has 5 rings (SSSR count). The third-order valence-electron chi connectivity index (χ3n) is 8.26. The van der Waals surface area contributed by atoms with Crippen LogP contribution in [0.3, 0.4) is 0 Å². The van der Waals surface area contributed by atoms with Crippen LogP contribution in [0.5, 0.6) is 5.75 Å². The number of rotatable bonds is 7. The normalized spacial score (nSPS) is 17.2. The van der Waals surface area contributed by atoms with Crippen LogP contribution >= 0.6 is 0 Å². The van der Waals surface area contributed by atoms with E-state index in [1.54, 1.807) is 33.0 Å². The molecule has 0 aliphatic carbocycles. The van der Waals surface area contributed by atoms with Crippen LogP contribution in [0.2, 0.25) is 0 Å². The van der Waals surface area contributed by atoms with Gasteiger partial charge in [-0.05, 0) is 49.9 Å². The number of carboxylic acid groups (broad SMARTS) is 1. The molecule has 0 unspecified atom stereocenters. The van der Waals surface area contributed by atoms with E-state index in [2.05, 4.69) is 10.3 Å². The number of aromatic nitrogens is 2. The van der Waals surface area contributed by atoms with Gasteiger partial charge in [-0.1, -0.05) is 12.1 Å². The Morgan fingerprint density at radius 2 is 1.85 bits per heavy atom. The molecule has 0 bridgehead atoms. The van der Waals surface area contributed by atoms with Gasteiger partial charge in [0, 0.05) is 31.3 Å². The molecule has 1 aromatic heterocycles. The predicted molar refractivity (Wildman–Crippen MR) is 155 cm³/mol. The first kappa shape index (κ1) is 32.9. The van der Waals surface area contributed by atoms with Crippen molar-refractivity contribution in [1.82, 2.24) is 14.9 Å². The van der Waals surface area contributed by atoms with E-state index in [0.29, 0.717) is 71.1 Å². The van der Waals surface area contributed by atoms with Gasteiger partial charge < -0.3 is 24.8 Å². The largest absolute Gasteiger partial charge is 0.493 e. The quantitative estimate of drug-likeness (QED) is 0.370. The fourth-order valence-electron chi connectivity index (χ4n) is 5.85. The summed E-state index contributed by atoms with van der Waals surface area (Å²) in [5.74, 6) is -4.89. The van der Waals surface area contributed by atoms with E-state index < -0.39 is 59.6 Å². The van der Waals surface area contributed by atoms with Crippen LogP contribution in [0.1, 0.15) is 39.4 Å². The van der Waals surface area contributed by atoms with Gasteiger partial charge in [-0.25, -0.2) is 18.6 Å². The SMILES string of the molecule is Cc1nc(C)n(C)c(=O)c1-c1ccc(C[C@H](NC(=O)c2c(F)cc(N3CCOC[C@@H]3C(F)(F)F)cc2F)C(=O)O)c2c1OCCC2. The summed E-state index contributed by atoms with van der Waals surface area (Å²) in [5.41, 5.74) is 0.532. The van der Waals surface area contributed by atoms with E-state index in [4.69, 9.17) is 9.47 Å². The molecule has 2 atom stereocenters. The monoisotopic (exact) mass is 650 g/mol. The number of halogens is 5. The maximum absolute atomic E-state index is 15.1. The van der Waals surface area contributed by atoms with Crippen LogP contribution in [0.4, 0.5) is 27.6 Å². The number of anilines is 1. The molecular formula is C31H31F5N4O6. The van der Waals surface area contributed by atoms with Gasteiger partial charge in [0.05, 0.1) is 31.1 Å². The first-order valence-corrected chi connectivity index (χ1v) is 14.4. The van der Waals surface area contributed by atoms with Gasteiger partial charge in [0.1, 0.15) is 40.9 Å². The lowest BCUT2D eigenvalue weighted by atomic mass is 9.90. The summed E-state index contributed by atoms with van der Waals surface area (Å²) in [4.78, 5) is 43.6. The maximum atomic E-state index is 15.1. The summed E-state index contributed by atoms with van der Waals surface area (Å²) in [6.45, 7) is 2.62. The summed E-state index contributed by atoms with van der Waals surface area (Å²) < 4.78 is 83.0. The van der Waals surface area contributed by atoms with Gasteiger partial charge in [0.25, 0.3) is 11.5 Å². The maximum Gasteiger partial charge on any atom is 0.411 e. The zero-order chi connectivity index (χ0) is 33.5. The number of aliphatic carboxylic acids is 1. The van der Waals surface area contributed by atoms with Crippen LogP contribution in [-0.4, -0.2) is 71.2 Å². The Labute approximate surface area is 259 Å². The minimum atomic E-state index is -4.74. The van der Waals surface area contributed by atoms with Gasteiger partial charge in [-0.15, -0.1) is 0 Å². The smallest absolute Gasteiger partial charge is 0.411 e. The van der Waals surface area contributed by atoms with Crippen molar-refractivity contribution in [3.8, 4) is 16.9 Å². The number of hydrogen-bond acceptors (Lipinski definition) is 7. The highest BCUT2D eigenvalue weighted by Crippen LogP contribution is 2.39. The molecule has 0 spiro atoms. The molecule has 46 heavy (non-hydrogen) atoms. The number of ether oxygens (including phenoxy) is 2. The number of morpholine rings is 1. The molecule has 1 fully saturated rings. The van der Waals surface area contributed by atoms with Gasteiger partial charge in [0.2, 0.25) is 0 Å². The molecule has 0 radical (unpaired) electrons. The van der Waals surface area contributed by atoms with Crippen LogP contribution in [-0.2, 0) is 29.4 Å². The summed E-state index contributed by atoms with van der Waals surface area (Å²) in [6, 6.07) is 0.643. The minimum Gasteiger partial charge on any atom is -0.493 e. The van der Waals surface area contributed by atoms with Gasteiger partial charge in [-0.2, -0.15) is 13.2 Å². The zero-order valence-corrected chi connectivity index (χ0v) is 25.1. The molecule has 10 nitrogen and oxygen atoms in total. The number of benzene rings is 2. The Morgan fingerprint density at radius 3 is 2.50 bits per heavy atom. The van der Waals surface area contributed by atoms with Crippen LogP contribution in [0.25, 0.3) is 11.1 Å². The van der Waals surface area contributed by atoms with E-state index >= 15 is 8.78 Å². The lowest BCUT2D eigenvalue weighted by Gasteiger charge is -2.38. The van der Waals surface area contributed by atoms with E-state index in [1.165, 1.54) is 4.57 Å². The molecule has 2 aliphatic rings. The third kappa shape index (κ3) is 6.28. The van der Waals surface area contributed by atoms with E-state index in [0.717, 1.165) is 4.90 Å². The third-order valence-corrected chi connectivity index (χ3v) is 8.26. The number of alkyl halides is 3. The highest BCUT2D eigenvalue weighted by molar-refractivity contribution is 5.97. The van der Waals surface area contributed by atoms with Gasteiger partial charge >= 0.3 is 12.1 Å². The number of carbonyl (C=O) groups is 2. The van der Waals surface area contributed by atoms with Crippen molar-refractivity contribution in [2.75, 3.05) is 31.3 Å². The lowest BCUT2D eigenvalue weighted by molar-refractivity contribution is -0.167. The average molecular weight is 651 g/mol. The number of carbonyl (C=O) groups excluding carboxylic acids is 1. The molecule has 3 aromatic rings. The molecule has 2 aliphatic heterocycles. The van der Waals surface area contributed by atoms with Crippen molar-refractivity contribution >= 4 is 17.6 Å². The number of hydrogen-bond donors (Lipinski definition) is 2. The van der Waals surface area contributed by atoms with Crippen molar-refractivity contribution in [2.24, 2.45) is 7.05 Å². The summed E-state index contributed by atoms with van der Waals surface area (Å²) in [5, 5.41) is 12.1. The molecule has 15 heteroatoms. The molecule has 246 valence electrons. The summed E-state index contributed by atoms with van der Waals surface area (Å²) in [7, 11) is 1.59. The van der Waals surface area contributed by atoms with Gasteiger partial charge in [0.15, 0.2) is 0 Å². The topological polar surface area (TPSA) is 123 Å². The van der Waals surface area contributed by atoms with E-state index in [9.17, 15) is 32.7 Å². The van der Waals surface area contributed by atoms with Gasteiger partial charge in [-0.3, -0.25) is 14.2 Å². The van der Waals surface area contributed by atoms with Crippen LogP contribution < -0.4 is 20.5 Å². The molecule has 1 amide bonds. The average Bonchev–Trinajstić information content (AvgIpc) is 2.99. The summed E-state index contributed by atoms with van der Waals surface area (Å²) >= 11 is 0. The zero-order valence-electron chi connectivity index (χ0n) is 25.1. The first-order valence-electron chi connectivity index (χ1n) is 14.4. The van der Waals surface area contributed by atoms with E-state index in [1.807, 2.05) is 0 Å². The van der Waals surface area contributed by atoms with Crippen LogP contribution in [0, 0.1) is 25.5 Å². The van der Waals surface area contributed by atoms with Crippen molar-refractivity contribution in [1.29, 1.82) is 0 Å². The van der Waals surface area contributed by atoms with Crippen molar-refractivity contribution in [3.63, 3.8) is 0 Å². The fraction of sp³-hybridized carbons (Fsp3) is 0.419. The number of aryl methyl sites for hydroxylation is 2. The standard InChI is InChI=1S/C31H31F5N4O6/c1-15-25(29(42)39(3)16(2)37-15)20-7-6-17(19-5-4-9-46-27(19)20)11-23(30(43)44)38-28(41)26-21(32)12-18(13-22(26)33)40-8-10-45-14-24(40)31(34,35)36/h6-7,12-13,23-24H,4-5,8-11,14H2,1-3H3,(H,38,41)(H,43,44)/t23-,24+/m0/s1.